The lowest BCUT2D eigenvalue weighted by Gasteiger charge is -2.30. The minimum atomic E-state index is -0.586. The van der Waals surface area contributed by atoms with Gasteiger partial charge in [-0.25, -0.2) is 9.47 Å². The number of hydrogen-bond acceptors (Lipinski definition) is 5. The number of para-hydroxylation sites is 1. The van der Waals surface area contributed by atoms with E-state index in [4.69, 9.17) is 4.74 Å². The number of nitrogens with zero attached hydrogens (tertiary/aromatic N) is 2. The number of hydrogen-bond donors (Lipinski definition) is 1. The predicted molar refractivity (Wildman–Crippen MR) is 137 cm³/mol. The maximum absolute atomic E-state index is 13.9. The molecule has 1 amide bonds. The number of fused-ring (bicyclic) bond motifs is 1. The number of allylic oxidation sites excluding steroid dienone is 1. The van der Waals surface area contributed by atoms with Gasteiger partial charge in [0.15, 0.2) is 6.04 Å². The molecule has 5 rings (SSSR count). The van der Waals surface area contributed by atoms with Crippen molar-refractivity contribution in [1.29, 1.82) is 0 Å². The van der Waals surface area contributed by atoms with Crippen molar-refractivity contribution in [2.75, 3.05) is 24.4 Å². The van der Waals surface area contributed by atoms with E-state index in [0.29, 0.717) is 21.9 Å². The zero-order chi connectivity index (χ0) is 24.5. The summed E-state index contributed by atoms with van der Waals surface area (Å²) in [5, 5.41) is 17.7. The van der Waals surface area contributed by atoms with Crippen molar-refractivity contribution in [2.24, 2.45) is 0 Å². The number of ether oxygens (including phenoxy) is 1. The van der Waals surface area contributed by atoms with Crippen molar-refractivity contribution in [1.82, 2.24) is 0 Å². The molecule has 4 aromatic rings. The van der Waals surface area contributed by atoms with Crippen LogP contribution < -0.4 is 24.6 Å². The van der Waals surface area contributed by atoms with E-state index in [1.54, 1.807) is 11.7 Å². The molecular weight excluding hydrogens is 458 g/mol. The number of rotatable bonds is 5. The van der Waals surface area contributed by atoms with Crippen molar-refractivity contribution < 1.29 is 19.2 Å². The van der Waals surface area contributed by atoms with Gasteiger partial charge in [0.25, 0.3) is 5.91 Å². The Bertz CT molecular complexity index is 1400. The number of amides is 1. The Balaban J connectivity index is 1.69. The Morgan fingerprint density at radius 1 is 1.00 bits per heavy atom. The molecule has 1 aliphatic heterocycles. The Hall–Kier alpha value is -4.10. The molecule has 0 saturated carbocycles. The third-order valence-electron chi connectivity index (χ3n) is 6.27. The molecule has 1 atom stereocenters. The highest BCUT2D eigenvalue weighted by Crippen LogP contribution is 2.43. The van der Waals surface area contributed by atoms with Crippen LogP contribution in [0.4, 0.5) is 10.8 Å². The van der Waals surface area contributed by atoms with Crippen LogP contribution in [-0.4, -0.2) is 20.1 Å². The summed E-state index contributed by atoms with van der Waals surface area (Å²) in [6, 6.07) is 25.9. The van der Waals surface area contributed by atoms with E-state index < -0.39 is 6.04 Å². The Labute approximate surface area is 208 Å². The van der Waals surface area contributed by atoms with Gasteiger partial charge in [-0.1, -0.05) is 60.7 Å². The summed E-state index contributed by atoms with van der Waals surface area (Å²) in [5.41, 5.74) is 3.70. The SMILES string of the molecule is COc1ccc(C2C(C(=O)Nc3ccccc3)=C(C)N(C)c3sc(-c4ccccc4)c([O-])[n+]32)cc1. The summed E-state index contributed by atoms with van der Waals surface area (Å²) in [6.07, 6.45) is 0. The van der Waals surface area contributed by atoms with Crippen LogP contribution in [0.3, 0.4) is 0 Å². The number of carbonyl (C=O) groups excluding carboxylic acids is 1. The van der Waals surface area contributed by atoms with E-state index in [1.807, 2.05) is 104 Å². The van der Waals surface area contributed by atoms with Crippen LogP contribution in [0.1, 0.15) is 18.5 Å². The van der Waals surface area contributed by atoms with Gasteiger partial charge in [0, 0.05) is 11.3 Å². The normalized spacial score (nSPS) is 15.1. The zero-order valence-electron chi connectivity index (χ0n) is 19.7. The minimum Gasteiger partial charge on any atom is -0.841 e. The van der Waals surface area contributed by atoms with Crippen molar-refractivity contribution in [3.8, 4) is 22.1 Å². The van der Waals surface area contributed by atoms with Crippen LogP contribution >= 0.6 is 11.3 Å². The van der Waals surface area contributed by atoms with Crippen molar-refractivity contribution in [2.45, 2.75) is 13.0 Å². The fraction of sp³-hybridized carbons (Fsp3) is 0.143. The van der Waals surface area contributed by atoms with Gasteiger partial charge in [-0.3, -0.25) is 4.79 Å². The Kier molecular flexibility index (Phi) is 6.01. The first kappa shape index (κ1) is 22.7. The van der Waals surface area contributed by atoms with Crippen molar-refractivity contribution in [3.05, 3.63) is 102 Å². The van der Waals surface area contributed by atoms with E-state index >= 15 is 0 Å². The second-order valence-electron chi connectivity index (χ2n) is 8.31. The van der Waals surface area contributed by atoms with Crippen LogP contribution in [0.2, 0.25) is 0 Å². The monoisotopic (exact) mass is 483 g/mol. The first-order valence-corrected chi connectivity index (χ1v) is 12.1. The average Bonchev–Trinajstić information content (AvgIpc) is 3.24. The van der Waals surface area contributed by atoms with Gasteiger partial charge in [0.05, 0.1) is 24.9 Å². The number of methoxy groups -OCH3 is 1. The Morgan fingerprint density at radius 2 is 1.63 bits per heavy atom. The molecule has 2 heterocycles. The summed E-state index contributed by atoms with van der Waals surface area (Å²) in [4.78, 5) is 16.3. The van der Waals surface area contributed by atoms with E-state index in [2.05, 4.69) is 5.32 Å². The molecular formula is C28H25N3O3S. The molecule has 0 bridgehead atoms. The summed E-state index contributed by atoms with van der Waals surface area (Å²) in [7, 11) is 3.51. The molecule has 0 radical (unpaired) electrons. The minimum absolute atomic E-state index is 0.124. The first-order valence-electron chi connectivity index (χ1n) is 11.2. The van der Waals surface area contributed by atoms with Crippen molar-refractivity contribution in [3.63, 3.8) is 0 Å². The number of anilines is 2. The highest BCUT2D eigenvalue weighted by atomic mass is 32.1. The lowest BCUT2D eigenvalue weighted by atomic mass is 9.94. The second-order valence-corrected chi connectivity index (χ2v) is 9.29. The molecule has 3 aromatic carbocycles. The van der Waals surface area contributed by atoms with Gasteiger partial charge in [-0.2, -0.15) is 0 Å². The number of nitrogens with one attached hydrogen (secondary N) is 1. The van der Waals surface area contributed by atoms with Gasteiger partial charge in [0.1, 0.15) is 17.0 Å². The van der Waals surface area contributed by atoms with Crippen LogP contribution in [0, 0.1) is 0 Å². The number of benzene rings is 3. The maximum Gasteiger partial charge on any atom is 0.341 e. The summed E-state index contributed by atoms with van der Waals surface area (Å²) in [5.74, 6) is 0.341. The highest BCUT2D eigenvalue weighted by molar-refractivity contribution is 7.18. The number of aromatic nitrogens is 1. The summed E-state index contributed by atoms with van der Waals surface area (Å²) in [6.45, 7) is 1.92. The predicted octanol–water partition coefficient (Wildman–Crippen LogP) is 4.74. The quantitative estimate of drug-likeness (QED) is 0.417. The van der Waals surface area contributed by atoms with Crippen LogP contribution in [-0.2, 0) is 4.79 Å². The molecule has 7 heteroatoms. The van der Waals surface area contributed by atoms with Gasteiger partial charge in [0.2, 0.25) is 0 Å². The van der Waals surface area contributed by atoms with Crippen LogP contribution in [0.5, 0.6) is 11.6 Å². The fourth-order valence-electron chi connectivity index (χ4n) is 4.37. The molecule has 1 aromatic heterocycles. The summed E-state index contributed by atoms with van der Waals surface area (Å²) < 4.78 is 7.07. The summed E-state index contributed by atoms with van der Waals surface area (Å²) >= 11 is 1.44. The third-order valence-corrected chi connectivity index (χ3v) is 7.54. The largest absolute Gasteiger partial charge is 0.841 e. The molecule has 1 unspecified atom stereocenters. The molecule has 35 heavy (non-hydrogen) atoms. The Morgan fingerprint density at radius 3 is 2.26 bits per heavy atom. The topological polar surface area (TPSA) is 68.5 Å². The lowest BCUT2D eigenvalue weighted by Crippen LogP contribution is -2.52. The van der Waals surface area contributed by atoms with Crippen molar-refractivity contribution >= 4 is 28.1 Å². The van der Waals surface area contributed by atoms with Gasteiger partial charge < -0.3 is 15.2 Å². The van der Waals surface area contributed by atoms with Gasteiger partial charge in [-0.15, -0.1) is 0 Å². The highest BCUT2D eigenvalue weighted by Gasteiger charge is 2.43. The lowest BCUT2D eigenvalue weighted by molar-refractivity contribution is -0.728. The van der Waals surface area contributed by atoms with E-state index in [-0.39, 0.29) is 11.8 Å². The molecule has 0 fully saturated rings. The van der Waals surface area contributed by atoms with Gasteiger partial charge >= 0.3 is 5.13 Å². The molecule has 0 saturated heterocycles. The maximum atomic E-state index is 13.9. The second kappa shape index (κ2) is 9.27. The molecule has 0 spiro atoms. The van der Waals surface area contributed by atoms with E-state index in [9.17, 15) is 9.90 Å². The van der Waals surface area contributed by atoms with Crippen LogP contribution in [0.15, 0.2) is 96.2 Å². The number of thiazole rings is 1. The van der Waals surface area contributed by atoms with Gasteiger partial charge in [-0.05, 0) is 48.1 Å². The third kappa shape index (κ3) is 4.04. The molecule has 1 N–H and O–H groups in total. The average molecular weight is 484 g/mol. The van der Waals surface area contributed by atoms with E-state index in [0.717, 1.165) is 22.0 Å². The fourth-order valence-corrected chi connectivity index (χ4v) is 5.55. The molecule has 6 nitrogen and oxygen atoms in total. The molecule has 0 aliphatic carbocycles. The van der Waals surface area contributed by atoms with E-state index in [1.165, 1.54) is 11.3 Å². The standard InChI is InChI=1S/C28H25N3O3S/c1-18-23(26(32)29-21-12-8-5-9-13-21)24(19-14-16-22(34-3)17-15-19)31-27(33)25(35-28(31)30(18)2)20-10-6-4-7-11-20/h4-17,24H,1-3H3,(H-,29,32,33). The van der Waals surface area contributed by atoms with Crippen LogP contribution in [0.25, 0.3) is 10.4 Å². The number of carbonyl (C=O) groups is 1. The molecule has 176 valence electrons. The first-order chi connectivity index (χ1) is 17.0. The smallest absolute Gasteiger partial charge is 0.341 e. The zero-order valence-corrected chi connectivity index (χ0v) is 20.5. The molecule has 1 aliphatic rings.